The maximum absolute atomic E-state index is 13.4. The van der Waals surface area contributed by atoms with Crippen molar-refractivity contribution in [2.75, 3.05) is 5.75 Å². The molecule has 7 heteroatoms. The first kappa shape index (κ1) is 21.6. The number of hydrogen-bond acceptors (Lipinski definition) is 4. The molecular weight excluding hydrogens is 413 g/mol. The first-order valence-electron chi connectivity index (χ1n) is 10.8. The zero-order chi connectivity index (χ0) is 21.6. The second kappa shape index (κ2) is 10.1. The minimum absolute atomic E-state index is 0.0925. The number of halogens is 1. The van der Waals surface area contributed by atoms with Crippen LogP contribution in [0.4, 0.5) is 4.39 Å². The molecule has 1 aliphatic carbocycles. The van der Waals surface area contributed by atoms with Gasteiger partial charge in [-0.25, -0.2) is 9.37 Å². The molecule has 1 N–H and O–H groups in total. The molecule has 1 aromatic heterocycles. The molecule has 162 valence electrons. The molecule has 2 aromatic carbocycles. The molecular formula is C24H26FN3O2S. The van der Waals surface area contributed by atoms with E-state index < -0.39 is 0 Å². The summed E-state index contributed by atoms with van der Waals surface area (Å²) in [5, 5.41) is 4.20. The van der Waals surface area contributed by atoms with E-state index in [1.165, 1.54) is 47.7 Å². The van der Waals surface area contributed by atoms with Crippen molar-refractivity contribution < 1.29 is 9.18 Å². The topological polar surface area (TPSA) is 64.0 Å². The van der Waals surface area contributed by atoms with Crippen molar-refractivity contribution in [3.63, 3.8) is 0 Å². The summed E-state index contributed by atoms with van der Waals surface area (Å²) in [7, 11) is 0. The van der Waals surface area contributed by atoms with E-state index in [0.717, 1.165) is 12.8 Å². The van der Waals surface area contributed by atoms with E-state index >= 15 is 0 Å². The van der Waals surface area contributed by atoms with Crippen molar-refractivity contribution in [3.8, 4) is 5.69 Å². The molecule has 0 saturated heterocycles. The van der Waals surface area contributed by atoms with Crippen molar-refractivity contribution in [2.24, 2.45) is 0 Å². The molecule has 0 atom stereocenters. The van der Waals surface area contributed by atoms with E-state index in [0.29, 0.717) is 46.4 Å². The molecule has 4 rings (SSSR count). The van der Waals surface area contributed by atoms with Gasteiger partial charge in [-0.05, 0) is 55.7 Å². The van der Waals surface area contributed by atoms with E-state index in [4.69, 9.17) is 0 Å². The Hall–Kier alpha value is -2.67. The van der Waals surface area contributed by atoms with Crippen LogP contribution < -0.4 is 10.9 Å². The van der Waals surface area contributed by atoms with Gasteiger partial charge in [0.05, 0.1) is 16.6 Å². The van der Waals surface area contributed by atoms with Gasteiger partial charge in [-0.3, -0.25) is 14.2 Å². The van der Waals surface area contributed by atoms with Crippen molar-refractivity contribution in [3.05, 3.63) is 64.7 Å². The van der Waals surface area contributed by atoms with Gasteiger partial charge in [0.1, 0.15) is 5.82 Å². The second-order valence-electron chi connectivity index (χ2n) is 7.88. The molecule has 0 unspecified atom stereocenters. The normalized spacial score (nSPS) is 14.6. The average Bonchev–Trinajstić information content (AvgIpc) is 2.78. The fourth-order valence-corrected chi connectivity index (χ4v) is 4.92. The van der Waals surface area contributed by atoms with Crippen LogP contribution in [0.25, 0.3) is 16.6 Å². The maximum Gasteiger partial charge on any atom is 0.266 e. The van der Waals surface area contributed by atoms with Crippen LogP contribution >= 0.6 is 11.8 Å². The van der Waals surface area contributed by atoms with Crippen molar-refractivity contribution in [1.29, 1.82) is 0 Å². The van der Waals surface area contributed by atoms with Gasteiger partial charge in [-0.2, -0.15) is 0 Å². The molecule has 1 heterocycles. The SMILES string of the molecule is O=C(CCCSc1nc2ccccc2c(=O)n1-c1ccc(F)cc1)NC1CCCCC1. The molecule has 0 aliphatic heterocycles. The molecule has 5 nitrogen and oxygen atoms in total. The summed E-state index contributed by atoms with van der Waals surface area (Å²) in [5.41, 5.74) is 1.01. The number of aromatic nitrogens is 2. The summed E-state index contributed by atoms with van der Waals surface area (Å²) in [6.07, 6.45) is 6.94. The number of carbonyl (C=O) groups excluding carboxylic acids is 1. The van der Waals surface area contributed by atoms with Crippen molar-refractivity contribution in [2.45, 2.75) is 56.1 Å². The fourth-order valence-electron chi connectivity index (χ4n) is 3.97. The van der Waals surface area contributed by atoms with Crippen LogP contribution in [0.3, 0.4) is 0 Å². The van der Waals surface area contributed by atoms with E-state index in [-0.39, 0.29) is 17.3 Å². The first-order chi connectivity index (χ1) is 15.1. The van der Waals surface area contributed by atoms with Crippen LogP contribution in [0.2, 0.25) is 0 Å². The number of thioether (sulfide) groups is 1. The van der Waals surface area contributed by atoms with E-state index in [2.05, 4.69) is 10.3 Å². The molecule has 1 aliphatic rings. The Morgan fingerprint density at radius 3 is 2.61 bits per heavy atom. The highest BCUT2D eigenvalue weighted by atomic mass is 32.2. The predicted molar refractivity (Wildman–Crippen MR) is 122 cm³/mol. The third kappa shape index (κ3) is 5.34. The summed E-state index contributed by atoms with van der Waals surface area (Å²) in [6, 6.07) is 13.4. The Kier molecular flexibility index (Phi) is 7.02. The van der Waals surface area contributed by atoms with E-state index in [1.54, 1.807) is 24.3 Å². The Balaban J connectivity index is 1.47. The highest BCUT2D eigenvalue weighted by molar-refractivity contribution is 7.99. The van der Waals surface area contributed by atoms with Crippen LogP contribution in [0.5, 0.6) is 0 Å². The predicted octanol–water partition coefficient (Wildman–Crippen LogP) is 4.85. The molecule has 0 bridgehead atoms. The van der Waals surface area contributed by atoms with Gasteiger partial charge in [0.25, 0.3) is 5.56 Å². The van der Waals surface area contributed by atoms with Gasteiger partial charge < -0.3 is 5.32 Å². The smallest absolute Gasteiger partial charge is 0.266 e. The quantitative estimate of drug-likeness (QED) is 0.325. The van der Waals surface area contributed by atoms with Gasteiger partial charge in [-0.15, -0.1) is 0 Å². The zero-order valence-electron chi connectivity index (χ0n) is 17.4. The lowest BCUT2D eigenvalue weighted by atomic mass is 9.95. The van der Waals surface area contributed by atoms with E-state index in [9.17, 15) is 14.0 Å². The van der Waals surface area contributed by atoms with Crippen LogP contribution in [0.15, 0.2) is 58.5 Å². The summed E-state index contributed by atoms with van der Waals surface area (Å²) >= 11 is 1.44. The van der Waals surface area contributed by atoms with Crippen LogP contribution in [-0.4, -0.2) is 27.3 Å². The number of amides is 1. The van der Waals surface area contributed by atoms with Gasteiger partial charge in [0, 0.05) is 18.2 Å². The van der Waals surface area contributed by atoms with Gasteiger partial charge in [0.2, 0.25) is 5.91 Å². The lowest BCUT2D eigenvalue weighted by Crippen LogP contribution is -2.36. The summed E-state index contributed by atoms with van der Waals surface area (Å²) in [4.78, 5) is 30.1. The van der Waals surface area contributed by atoms with Crippen molar-refractivity contribution in [1.82, 2.24) is 14.9 Å². The molecule has 0 spiro atoms. The number of para-hydroxylation sites is 1. The number of nitrogens with zero attached hydrogens (tertiary/aromatic N) is 2. The molecule has 3 aromatic rings. The summed E-state index contributed by atoms with van der Waals surface area (Å²) in [6.45, 7) is 0. The Morgan fingerprint density at radius 1 is 1.10 bits per heavy atom. The summed E-state index contributed by atoms with van der Waals surface area (Å²) < 4.78 is 14.9. The highest BCUT2D eigenvalue weighted by Gasteiger charge is 2.16. The minimum atomic E-state index is -0.358. The Bertz CT molecular complexity index is 1110. The maximum atomic E-state index is 13.4. The molecule has 1 fully saturated rings. The van der Waals surface area contributed by atoms with Gasteiger partial charge in [-0.1, -0.05) is 43.2 Å². The van der Waals surface area contributed by atoms with Crippen LogP contribution in [0.1, 0.15) is 44.9 Å². The van der Waals surface area contributed by atoms with Gasteiger partial charge in [0.15, 0.2) is 5.16 Å². The average molecular weight is 440 g/mol. The van der Waals surface area contributed by atoms with E-state index in [1.807, 2.05) is 12.1 Å². The standard InChI is InChI=1S/C24H26FN3O2S/c25-17-12-14-19(15-13-17)28-23(30)20-9-4-5-10-21(20)27-24(28)31-16-6-11-22(29)26-18-7-2-1-3-8-18/h4-5,9-10,12-15,18H,1-3,6-8,11,16H2,(H,26,29). The number of benzene rings is 2. The number of rotatable bonds is 7. The Labute approximate surface area is 185 Å². The first-order valence-corrected chi connectivity index (χ1v) is 11.8. The fraction of sp³-hybridized carbons (Fsp3) is 0.375. The lowest BCUT2D eigenvalue weighted by molar-refractivity contribution is -0.122. The number of nitrogens with one attached hydrogen (secondary N) is 1. The minimum Gasteiger partial charge on any atom is -0.353 e. The third-order valence-corrected chi connectivity index (χ3v) is 6.60. The monoisotopic (exact) mass is 439 g/mol. The number of hydrogen-bond donors (Lipinski definition) is 1. The highest BCUT2D eigenvalue weighted by Crippen LogP contribution is 2.23. The van der Waals surface area contributed by atoms with Gasteiger partial charge >= 0.3 is 0 Å². The summed E-state index contributed by atoms with van der Waals surface area (Å²) in [5.74, 6) is 0.392. The molecule has 1 saturated carbocycles. The molecule has 1 amide bonds. The Morgan fingerprint density at radius 2 is 1.84 bits per heavy atom. The zero-order valence-corrected chi connectivity index (χ0v) is 18.2. The van der Waals surface area contributed by atoms with Crippen LogP contribution in [-0.2, 0) is 4.79 Å². The third-order valence-electron chi connectivity index (χ3n) is 5.58. The largest absolute Gasteiger partial charge is 0.353 e. The number of fused-ring (bicyclic) bond motifs is 1. The lowest BCUT2D eigenvalue weighted by Gasteiger charge is -2.22. The van der Waals surface area contributed by atoms with Crippen molar-refractivity contribution >= 4 is 28.6 Å². The molecule has 0 radical (unpaired) electrons. The van der Waals surface area contributed by atoms with Crippen LogP contribution in [0, 0.1) is 5.82 Å². The molecule has 31 heavy (non-hydrogen) atoms. The number of carbonyl (C=O) groups is 1. The second-order valence-corrected chi connectivity index (χ2v) is 8.95.